The molecule has 2 aromatic heterocycles. The van der Waals surface area contributed by atoms with E-state index in [1.54, 1.807) is 28.9 Å². The van der Waals surface area contributed by atoms with Crippen molar-refractivity contribution >= 4 is 17.7 Å². The first-order chi connectivity index (χ1) is 10.6. The van der Waals surface area contributed by atoms with Crippen LogP contribution < -0.4 is 5.32 Å². The van der Waals surface area contributed by atoms with Crippen molar-refractivity contribution in [2.75, 3.05) is 20.1 Å². The third-order valence-corrected chi connectivity index (χ3v) is 4.98. The number of hydrogen-bond donors (Lipinski definition) is 1. The van der Waals surface area contributed by atoms with E-state index < -0.39 is 0 Å². The minimum Gasteiger partial charge on any atom is -0.455 e. The van der Waals surface area contributed by atoms with Gasteiger partial charge in [0.05, 0.1) is 5.75 Å². The fraction of sp³-hybridized carbons (Fsp3) is 0.467. The van der Waals surface area contributed by atoms with Gasteiger partial charge in [-0.1, -0.05) is 11.8 Å². The average molecular weight is 320 g/mol. The van der Waals surface area contributed by atoms with Crippen LogP contribution >= 0.6 is 11.8 Å². The Balaban J connectivity index is 1.60. The van der Waals surface area contributed by atoms with Crippen LogP contribution in [-0.2, 0) is 12.8 Å². The maximum absolute atomic E-state index is 12.4. The van der Waals surface area contributed by atoms with Gasteiger partial charge in [0.1, 0.15) is 5.76 Å². The smallest absolute Gasteiger partial charge is 0.289 e. The number of thioether (sulfide) groups is 1. The fourth-order valence-corrected chi connectivity index (χ4v) is 3.33. The number of aryl methyl sites for hydroxylation is 1. The van der Waals surface area contributed by atoms with Gasteiger partial charge in [-0.05, 0) is 25.1 Å². The molecule has 1 aliphatic rings. The predicted molar refractivity (Wildman–Crippen MR) is 84.8 cm³/mol. The Labute approximate surface area is 133 Å². The second-order valence-corrected chi connectivity index (χ2v) is 6.38. The van der Waals surface area contributed by atoms with E-state index in [4.69, 9.17) is 4.42 Å². The van der Waals surface area contributed by atoms with Crippen LogP contribution in [0.25, 0.3) is 0 Å². The number of imidazole rings is 1. The Bertz CT molecular complexity index is 646. The molecule has 1 unspecified atom stereocenters. The van der Waals surface area contributed by atoms with Crippen molar-refractivity contribution in [3.63, 3.8) is 0 Å². The zero-order valence-corrected chi connectivity index (χ0v) is 13.6. The van der Waals surface area contributed by atoms with Crippen molar-refractivity contribution in [3.8, 4) is 0 Å². The molecule has 3 rings (SSSR count). The fourth-order valence-electron chi connectivity index (χ4n) is 2.51. The Kier molecular flexibility index (Phi) is 4.54. The van der Waals surface area contributed by atoms with Crippen molar-refractivity contribution in [1.82, 2.24) is 19.8 Å². The zero-order chi connectivity index (χ0) is 15.5. The molecule has 1 atom stereocenters. The van der Waals surface area contributed by atoms with E-state index in [0.29, 0.717) is 11.5 Å². The van der Waals surface area contributed by atoms with Crippen LogP contribution in [0.4, 0.5) is 0 Å². The van der Waals surface area contributed by atoms with E-state index in [2.05, 4.69) is 10.3 Å². The molecule has 118 valence electrons. The topological polar surface area (TPSA) is 63.3 Å². The molecule has 0 aliphatic carbocycles. The third-order valence-electron chi connectivity index (χ3n) is 3.90. The lowest BCUT2D eigenvalue weighted by Crippen LogP contribution is -2.38. The van der Waals surface area contributed by atoms with E-state index in [-0.39, 0.29) is 11.9 Å². The van der Waals surface area contributed by atoms with E-state index in [1.165, 1.54) is 0 Å². The lowest BCUT2D eigenvalue weighted by atomic mass is 10.2. The van der Waals surface area contributed by atoms with E-state index in [1.807, 2.05) is 30.9 Å². The minimum atomic E-state index is -0.0538. The SMILES string of the molecule is CN(C(=O)c1ccc(CSc2nccn2C)o1)C1CCNC1. The summed E-state index contributed by atoms with van der Waals surface area (Å²) in [5.74, 6) is 1.80. The van der Waals surface area contributed by atoms with Gasteiger partial charge < -0.3 is 19.2 Å². The highest BCUT2D eigenvalue weighted by atomic mass is 32.2. The molecular weight excluding hydrogens is 300 g/mol. The number of furan rings is 1. The van der Waals surface area contributed by atoms with Crippen LogP contribution in [0.3, 0.4) is 0 Å². The molecule has 0 radical (unpaired) electrons. The molecule has 1 amide bonds. The van der Waals surface area contributed by atoms with Gasteiger partial charge in [-0.15, -0.1) is 0 Å². The number of hydrogen-bond acceptors (Lipinski definition) is 5. The van der Waals surface area contributed by atoms with Crippen LogP contribution in [0.1, 0.15) is 22.7 Å². The van der Waals surface area contributed by atoms with Crippen LogP contribution in [0, 0.1) is 0 Å². The van der Waals surface area contributed by atoms with Gasteiger partial charge >= 0.3 is 0 Å². The summed E-state index contributed by atoms with van der Waals surface area (Å²) in [5.41, 5.74) is 0. The summed E-state index contributed by atoms with van der Waals surface area (Å²) in [6.07, 6.45) is 4.67. The predicted octanol–water partition coefficient (Wildman–Crippen LogP) is 1.74. The Morgan fingerprint density at radius 3 is 3.14 bits per heavy atom. The second kappa shape index (κ2) is 6.58. The molecule has 0 saturated carbocycles. The number of nitrogens with zero attached hydrogens (tertiary/aromatic N) is 3. The first kappa shape index (κ1) is 15.2. The highest BCUT2D eigenvalue weighted by Crippen LogP contribution is 2.22. The number of likely N-dealkylation sites (N-methyl/N-ethyl adjacent to an activating group) is 1. The molecule has 7 heteroatoms. The van der Waals surface area contributed by atoms with Crippen LogP contribution in [0.5, 0.6) is 0 Å². The number of aromatic nitrogens is 2. The number of nitrogens with one attached hydrogen (secondary N) is 1. The third kappa shape index (κ3) is 3.20. The van der Waals surface area contributed by atoms with Crippen LogP contribution in [0.15, 0.2) is 34.1 Å². The lowest BCUT2D eigenvalue weighted by Gasteiger charge is -2.22. The van der Waals surface area contributed by atoms with Crippen molar-refractivity contribution in [1.29, 1.82) is 0 Å². The van der Waals surface area contributed by atoms with Crippen molar-refractivity contribution in [2.45, 2.75) is 23.4 Å². The monoisotopic (exact) mass is 320 g/mol. The molecule has 22 heavy (non-hydrogen) atoms. The van der Waals surface area contributed by atoms with Crippen molar-refractivity contribution < 1.29 is 9.21 Å². The summed E-state index contributed by atoms with van der Waals surface area (Å²) in [7, 11) is 3.79. The molecular formula is C15H20N4O2S. The molecule has 3 heterocycles. The zero-order valence-electron chi connectivity index (χ0n) is 12.8. The highest BCUT2D eigenvalue weighted by Gasteiger charge is 2.25. The summed E-state index contributed by atoms with van der Waals surface area (Å²) >= 11 is 1.59. The second-order valence-electron chi connectivity index (χ2n) is 5.44. The molecule has 0 aromatic carbocycles. The van der Waals surface area contributed by atoms with E-state index >= 15 is 0 Å². The molecule has 1 fully saturated rings. The summed E-state index contributed by atoms with van der Waals surface area (Å²) in [5, 5.41) is 4.20. The normalized spacial score (nSPS) is 17.8. The quantitative estimate of drug-likeness (QED) is 0.850. The van der Waals surface area contributed by atoms with Gasteiger partial charge in [-0.25, -0.2) is 4.98 Å². The molecule has 1 saturated heterocycles. The van der Waals surface area contributed by atoms with Crippen molar-refractivity contribution in [2.24, 2.45) is 7.05 Å². The van der Waals surface area contributed by atoms with Crippen LogP contribution in [-0.4, -0.2) is 46.5 Å². The molecule has 0 spiro atoms. The van der Waals surface area contributed by atoms with E-state index in [0.717, 1.165) is 30.4 Å². The Hall–Kier alpha value is -1.73. The van der Waals surface area contributed by atoms with Crippen LogP contribution in [0.2, 0.25) is 0 Å². The Morgan fingerprint density at radius 2 is 2.45 bits per heavy atom. The summed E-state index contributed by atoms with van der Waals surface area (Å²) in [6, 6.07) is 3.88. The summed E-state index contributed by atoms with van der Waals surface area (Å²) in [6.45, 7) is 1.82. The standard InChI is InChI=1S/C15H20N4O2S/c1-18-8-7-17-15(18)22-10-12-3-4-13(21-12)14(20)19(2)11-5-6-16-9-11/h3-4,7-8,11,16H,5-6,9-10H2,1-2H3. The Morgan fingerprint density at radius 1 is 1.59 bits per heavy atom. The van der Waals surface area contributed by atoms with Gasteiger partial charge in [-0.3, -0.25) is 4.79 Å². The van der Waals surface area contributed by atoms with Crippen molar-refractivity contribution in [3.05, 3.63) is 36.0 Å². The summed E-state index contributed by atoms with van der Waals surface area (Å²) in [4.78, 5) is 18.4. The highest BCUT2D eigenvalue weighted by molar-refractivity contribution is 7.98. The first-order valence-corrected chi connectivity index (χ1v) is 8.30. The first-order valence-electron chi connectivity index (χ1n) is 7.32. The number of carbonyl (C=O) groups excluding carboxylic acids is 1. The number of carbonyl (C=O) groups is 1. The van der Waals surface area contributed by atoms with Gasteiger partial charge in [0.25, 0.3) is 5.91 Å². The van der Waals surface area contributed by atoms with Gasteiger partial charge in [0.2, 0.25) is 0 Å². The van der Waals surface area contributed by atoms with Gasteiger partial charge in [0.15, 0.2) is 10.9 Å². The van der Waals surface area contributed by atoms with Gasteiger partial charge in [0, 0.05) is 39.1 Å². The minimum absolute atomic E-state index is 0.0538. The largest absolute Gasteiger partial charge is 0.455 e. The lowest BCUT2D eigenvalue weighted by molar-refractivity contribution is 0.0710. The number of rotatable bonds is 5. The van der Waals surface area contributed by atoms with Gasteiger partial charge in [-0.2, -0.15) is 0 Å². The molecule has 0 bridgehead atoms. The molecule has 1 N–H and O–H groups in total. The molecule has 6 nitrogen and oxygen atoms in total. The maximum Gasteiger partial charge on any atom is 0.289 e. The average Bonchev–Trinajstić information content (AvgIpc) is 3.25. The number of amides is 1. The summed E-state index contributed by atoms with van der Waals surface area (Å²) < 4.78 is 7.65. The van der Waals surface area contributed by atoms with E-state index in [9.17, 15) is 4.79 Å². The maximum atomic E-state index is 12.4. The molecule has 1 aliphatic heterocycles. The molecule has 2 aromatic rings.